The second kappa shape index (κ2) is 9.56. The Morgan fingerprint density at radius 2 is 1.91 bits per heavy atom. The monoisotopic (exact) mass is 447 g/mol. The first-order chi connectivity index (χ1) is 15.9. The van der Waals surface area contributed by atoms with Gasteiger partial charge in [-0.25, -0.2) is 14.4 Å². The molecule has 0 radical (unpaired) electrons. The molecule has 2 amide bonds. The first-order valence-corrected chi connectivity index (χ1v) is 10.6. The fourth-order valence-corrected chi connectivity index (χ4v) is 3.42. The van der Waals surface area contributed by atoms with Crippen LogP contribution in [0.2, 0.25) is 0 Å². The highest BCUT2D eigenvalue weighted by Crippen LogP contribution is 2.20. The molecule has 3 aromatic rings. The zero-order chi connectivity index (χ0) is 23.4. The molecule has 0 fully saturated rings. The van der Waals surface area contributed by atoms with Crippen molar-refractivity contribution in [1.82, 2.24) is 15.0 Å². The van der Waals surface area contributed by atoms with Crippen molar-refractivity contribution in [2.75, 3.05) is 5.32 Å². The van der Waals surface area contributed by atoms with Crippen molar-refractivity contribution in [2.45, 2.75) is 32.7 Å². The SMILES string of the molecule is CCc1cc(=O)[nH]c(-c2cccc(NC(=O)C3=NN(Cc4ccc(F)cc4)C(=O)CC3)c2)n1. The zero-order valence-corrected chi connectivity index (χ0v) is 18.0. The number of hydrazone groups is 1. The van der Waals surface area contributed by atoms with E-state index in [0.717, 1.165) is 0 Å². The van der Waals surface area contributed by atoms with E-state index in [1.165, 1.54) is 23.2 Å². The fraction of sp³-hybridized carbons (Fsp3) is 0.208. The van der Waals surface area contributed by atoms with Crippen LogP contribution in [-0.4, -0.2) is 32.5 Å². The Kier molecular flexibility index (Phi) is 6.39. The number of anilines is 1. The summed E-state index contributed by atoms with van der Waals surface area (Å²) in [6, 6.07) is 14.2. The van der Waals surface area contributed by atoms with E-state index in [1.54, 1.807) is 36.4 Å². The van der Waals surface area contributed by atoms with Gasteiger partial charge in [-0.05, 0) is 36.2 Å². The third-order valence-electron chi connectivity index (χ3n) is 5.16. The highest BCUT2D eigenvalue weighted by molar-refractivity contribution is 6.43. The Morgan fingerprint density at radius 3 is 2.67 bits per heavy atom. The van der Waals surface area contributed by atoms with Crippen LogP contribution in [0, 0.1) is 5.82 Å². The van der Waals surface area contributed by atoms with Gasteiger partial charge in [-0.15, -0.1) is 0 Å². The van der Waals surface area contributed by atoms with Crippen molar-refractivity contribution >= 4 is 23.2 Å². The van der Waals surface area contributed by atoms with Crippen LogP contribution in [0.5, 0.6) is 0 Å². The van der Waals surface area contributed by atoms with Gasteiger partial charge in [0.2, 0.25) is 5.91 Å². The lowest BCUT2D eigenvalue weighted by molar-refractivity contribution is -0.132. The van der Waals surface area contributed by atoms with Gasteiger partial charge in [0.1, 0.15) is 17.4 Å². The van der Waals surface area contributed by atoms with Crippen LogP contribution in [0.25, 0.3) is 11.4 Å². The Morgan fingerprint density at radius 1 is 1.12 bits per heavy atom. The Bertz CT molecular complexity index is 1280. The lowest BCUT2D eigenvalue weighted by Crippen LogP contribution is -2.36. The van der Waals surface area contributed by atoms with Crippen LogP contribution < -0.4 is 10.9 Å². The normalized spacial score (nSPS) is 13.6. The first kappa shape index (κ1) is 22.1. The van der Waals surface area contributed by atoms with E-state index >= 15 is 0 Å². The minimum absolute atomic E-state index is 0.151. The average molecular weight is 447 g/mol. The highest BCUT2D eigenvalue weighted by atomic mass is 19.1. The van der Waals surface area contributed by atoms with Gasteiger partial charge in [0, 0.05) is 35.9 Å². The second-order valence-electron chi connectivity index (χ2n) is 7.60. The molecule has 0 spiro atoms. The fourth-order valence-electron chi connectivity index (χ4n) is 3.42. The minimum Gasteiger partial charge on any atom is -0.321 e. The maximum absolute atomic E-state index is 13.1. The second-order valence-corrected chi connectivity index (χ2v) is 7.60. The molecule has 0 bridgehead atoms. The lowest BCUT2D eigenvalue weighted by Gasteiger charge is -2.23. The molecule has 2 aromatic carbocycles. The molecule has 9 heteroatoms. The van der Waals surface area contributed by atoms with Crippen LogP contribution in [-0.2, 0) is 22.6 Å². The van der Waals surface area contributed by atoms with Crippen LogP contribution >= 0.6 is 0 Å². The third kappa shape index (κ3) is 5.38. The maximum Gasteiger partial charge on any atom is 0.271 e. The lowest BCUT2D eigenvalue weighted by atomic mass is 10.1. The topological polar surface area (TPSA) is 108 Å². The number of hydrogen-bond donors (Lipinski definition) is 2. The van der Waals surface area contributed by atoms with Crippen molar-refractivity contribution in [1.29, 1.82) is 0 Å². The predicted octanol–water partition coefficient (Wildman–Crippen LogP) is 3.26. The van der Waals surface area contributed by atoms with E-state index in [-0.39, 0.29) is 42.4 Å². The van der Waals surface area contributed by atoms with E-state index in [0.29, 0.717) is 34.8 Å². The van der Waals surface area contributed by atoms with Crippen molar-refractivity contribution in [2.24, 2.45) is 5.10 Å². The van der Waals surface area contributed by atoms with Crippen LogP contribution in [0.4, 0.5) is 10.1 Å². The largest absolute Gasteiger partial charge is 0.321 e. The molecule has 0 saturated heterocycles. The molecule has 168 valence electrons. The number of carbonyl (C=O) groups is 2. The van der Waals surface area contributed by atoms with E-state index < -0.39 is 5.91 Å². The van der Waals surface area contributed by atoms with Gasteiger partial charge in [-0.1, -0.05) is 31.2 Å². The number of aromatic nitrogens is 2. The Hall–Kier alpha value is -4.14. The molecule has 1 aliphatic heterocycles. The molecular weight excluding hydrogens is 425 g/mol. The molecule has 0 saturated carbocycles. The summed E-state index contributed by atoms with van der Waals surface area (Å²) in [6.07, 6.45) is 1.00. The summed E-state index contributed by atoms with van der Waals surface area (Å²) < 4.78 is 13.1. The number of benzene rings is 2. The van der Waals surface area contributed by atoms with E-state index in [1.807, 2.05) is 6.92 Å². The molecule has 0 unspecified atom stereocenters. The molecule has 2 N–H and O–H groups in total. The molecule has 1 aliphatic rings. The summed E-state index contributed by atoms with van der Waals surface area (Å²) in [6.45, 7) is 2.06. The van der Waals surface area contributed by atoms with Gasteiger partial charge in [0.05, 0.1) is 6.54 Å². The number of aromatic amines is 1. The average Bonchev–Trinajstić information content (AvgIpc) is 2.81. The number of amides is 2. The number of H-pyrrole nitrogens is 1. The van der Waals surface area contributed by atoms with Crippen LogP contribution in [0.3, 0.4) is 0 Å². The van der Waals surface area contributed by atoms with Crippen molar-refractivity contribution in [3.8, 4) is 11.4 Å². The van der Waals surface area contributed by atoms with Gasteiger partial charge in [-0.2, -0.15) is 5.10 Å². The molecule has 0 atom stereocenters. The summed E-state index contributed by atoms with van der Waals surface area (Å²) in [5, 5.41) is 8.25. The molecular formula is C24H22FN5O3. The van der Waals surface area contributed by atoms with Gasteiger partial charge < -0.3 is 10.3 Å². The van der Waals surface area contributed by atoms with E-state index in [2.05, 4.69) is 20.4 Å². The number of halogens is 1. The summed E-state index contributed by atoms with van der Waals surface area (Å²) in [5.41, 5.74) is 2.52. The number of nitrogens with one attached hydrogen (secondary N) is 2. The number of rotatable bonds is 6. The maximum atomic E-state index is 13.1. The molecule has 1 aromatic heterocycles. The predicted molar refractivity (Wildman–Crippen MR) is 122 cm³/mol. The molecule has 8 nitrogen and oxygen atoms in total. The number of aryl methyl sites for hydroxylation is 1. The summed E-state index contributed by atoms with van der Waals surface area (Å²) in [7, 11) is 0. The number of carbonyl (C=O) groups excluding carboxylic acids is 2. The molecule has 33 heavy (non-hydrogen) atoms. The highest BCUT2D eigenvalue weighted by Gasteiger charge is 2.24. The minimum atomic E-state index is -0.424. The zero-order valence-electron chi connectivity index (χ0n) is 18.0. The smallest absolute Gasteiger partial charge is 0.271 e. The number of nitrogens with zero attached hydrogens (tertiary/aromatic N) is 3. The standard InChI is InChI=1S/C24H22FN5O3/c1-2-18-13-21(31)28-23(26-18)16-4-3-5-19(12-16)27-24(33)20-10-11-22(32)30(29-20)14-15-6-8-17(25)9-7-15/h3-9,12-13H,2,10-11,14H2,1H3,(H,27,33)(H,26,28,31). The van der Waals surface area contributed by atoms with Gasteiger partial charge in [-0.3, -0.25) is 14.4 Å². The summed E-state index contributed by atoms with van der Waals surface area (Å²) >= 11 is 0. The van der Waals surface area contributed by atoms with Crippen molar-refractivity contribution < 1.29 is 14.0 Å². The van der Waals surface area contributed by atoms with Gasteiger partial charge in [0.15, 0.2) is 0 Å². The Labute approximate surface area is 189 Å². The van der Waals surface area contributed by atoms with E-state index in [9.17, 15) is 18.8 Å². The molecule has 0 aliphatic carbocycles. The first-order valence-electron chi connectivity index (χ1n) is 10.6. The van der Waals surface area contributed by atoms with Crippen LogP contribution in [0.15, 0.2) is 64.5 Å². The summed E-state index contributed by atoms with van der Waals surface area (Å²) in [5.74, 6) is -0.576. The quantitative estimate of drug-likeness (QED) is 0.605. The van der Waals surface area contributed by atoms with E-state index in [4.69, 9.17) is 0 Å². The van der Waals surface area contributed by atoms with Gasteiger partial charge >= 0.3 is 0 Å². The number of hydrogen-bond acceptors (Lipinski definition) is 5. The van der Waals surface area contributed by atoms with Crippen molar-refractivity contribution in [3.05, 3.63) is 82.0 Å². The summed E-state index contributed by atoms with van der Waals surface area (Å²) in [4.78, 5) is 44.1. The third-order valence-corrected chi connectivity index (χ3v) is 5.16. The van der Waals surface area contributed by atoms with Crippen molar-refractivity contribution in [3.63, 3.8) is 0 Å². The molecule has 4 rings (SSSR count). The van der Waals surface area contributed by atoms with Crippen LogP contribution in [0.1, 0.15) is 31.0 Å². The van der Waals surface area contributed by atoms with Gasteiger partial charge in [0.25, 0.3) is 11.5 Å². The molecule has 2 heterocycles. The Balaban J connectivity index is 1.51.